The summed E-state index contributed by atoms with van der Waals surface area (Å²) in [7, 11) is 3.13. The number of hydrogen-bond acceptors (Lipinski definition) is 2. The van der Waals surface area contributed by atoms with Gasteiger partial charge in [-0.3, -0.25) is 9.59 Å². The number of carbonyl (C=O) groups excluding carboxylic acids is 2. The molecule has 2 unspecified atom stereocenters. The fraction of sp³-hybridized carbons (Fsp3) is 0.857. The Morgan fingerprint density at radius 1 is 0.792 bits per heavy atom. The van der Waals surface area contributed by atoms with Crippen LogP contribution >= 0.6 is 69.6 Å². The van der Waals surface area contributed by atoms with E-state index in [2.05, 4.69) is 0 Å². The summed E-state index contributed by atoms with van der Waals surface area (Å²) in [6.45, 7) is 3.44. The van der Waals surface area contributed by atoms with Crippen LogP contribution in [-0.2, 0) is 9.59 Å². The highest BCUT2D eigenvalue weighted by molar-refractivity contribution is 6.68. The van der Waals surface area contributed by atoms with Crippen LogP contribution in [0.4, 0.5) is 0 Å². The first-order valence-electron chi connectivity index (χ1n) is 7.34. The Kier molecular flexibility index (Phi) is 7.71. The summed E-state index contributed by atoms with van der Waals surface area (Å²) in [5.41, 5.74) is 0. The van der Waals surface area contributed by atoms with Crippen molar-refractivity contribution in [1.29, 1.82) is 0 Å². The van der Waals surface area contributed by atoms with Crippen LogP contribution in [0.2, 0.25) is 0 Å². The smallest absolute Gasteiger partial charge is 0.245 e. The van der Waals surface area contributed by atoms with E-state index in [1.54, 1.807) is 27.9 Å². The highest BCUT2D eigenvalue weighted by Gasteiger charge is 2.46. The maximum Gasteiger partial charge on any atom is 0.245 e. The minimum atomic E-state index is -1.51. The molecule has 0 spiro atoms. The molecular weight excluding hydrogens is 441 g/mol. The zero-order chi connectivity index (χ0) is 19.0. The van der Waals surface area contributed by atoms with Crippen molar-refractivity contribution in [3.8, 4) is 0 Å². The molecule has 0 aromatic heterocycles. The van der Waals surface area contributed by atoms with Crippen LogP contribution < -0.4 is 0 Å². The molecular formula is C14H20Cl6N2O2. The number of amides is 2. The molecule has 1 aliphatic heterocycles. The zero-order valence-electron chi connectivity index (χ0n) is 13.7. The van der Waals surface area contributed by atoms with Crippen molar-refractivity contribution < 1.29 is 9.59 Å². The van der Waals surface area contributed by atoms with E-state index < -0.39 is 31.5 Å². The third kappa shape index (κ3) is 5.34. The summed E-state index contributed by atoms with van der Waals surface area (Å²) in [6, 6.07) is -1.38. The van der Waals surface area contributed by atoms with Gasteiger partial charge in [0.25, 0.3) is 0 Å². The van der Waals surface area contributed by atoms with Crippen LogP contribution in [0, 0.1) is 11.8 Å². The Hall–Kier alpha value is 0.680. The van der Waals surface area contributed by atoms with E-state index in [4.69, 9.17) is 69.6 Å². The molecule has 10 heteroatoms. The number of rotatable bonds is 4. The second kappa shape index (κ2) is 8.14. The molecule has 24 heavy (non-hydrogen) atoms. The van der Waals surface area contributed by atoms with Crippen molar-refractivity contribution in [2.24, 2.45) is 11.8 Å². The van der Waals surface area contributed by atoms with Gasteiger partial charge in [-0.25, -0.2) is 0 Å². The number of halogens is 6. The SMILES string of the molecule is CC(C[C@H]1C(=O)N(C)[C@@H](CC(C)C(Cl)(Cl)Cl)C(=O)N1C)C(Cl)(Cl)Cl. The third-order valence-corrected chi connectivity index (χ3v) is 6.71. The first-order valence-corrected chi connectivity index (χ1v) is 9.61. The average molecular weight is 461 g/mol. The van der Waals surface area contributed by atoms with Crippen LogP contribution in [0.25, 0.3) is 0 Å². The largest absolute Gasteiger partial charge is 0.332 e. The van der Waals surface area contributed by atoms with Gasteiger partial charge in [0.1, 0.15) is 12.1 Å². The van der Waals surface area contributed by atoms with Crippen molar-refractivity contribution in [2.75, 3.05) is 14.1 Å². The lowest BCUT2D eigenvalue weighted by Gasteiger charge is -2.44. The van der Waals surface area contributed by atoms with Gasteiger partial charge >= 0.3 is 0 Å². The molecule has 0 aromatic carbocycles. The normalized spacial score (nSPS) is 25.9. The molecule has 0 aromatic rings. The van der Waals surface area contributed by atoms with Crippen LogP contribution in [0.1, 0.15) is 26.7 Å². The molecule has 0 aliphatic carbocycles. The van der Waals surface area contributed by atoms with Crippen molar-refractivity contribution in [3.05, 3.63) is 0 Å². The van der Waals surface area contributed by atoms with Crippen LogP contribution in [0.15, 0.2) is 0 Å². The predicted molar refractivity (Wildman–Crippen MR) is 101 cm³/mol. The van der Waals surface area contributed by atoms with Crippen LogP contribution in [-0.4, -0.2) is 55.4 Å². The molecule has 140 valence electrons. The van der Waals surface area contributed by atoms with Crippen molar-refractivity contribution >= 4 is 81.4 Å². The van der Waals surface area contributed by atoms with E-state index in [1.165, 1.54) is 9.80 Å². The van der Waals surface area contributed by atoms with Gasteiger partial charge in [-0.1, -0.05) is 83.5 Å². The molecule has 1 heterocycles. The second-order valence-corrected chi connectivity index (χ2v) is 11.0. The fourth-order valence-corrected chi connectivity index (χ4v) is 3.10. The van der Waals surface area contributed by atoms with E-state index in [9.17, 15) is 9.59 Å². The Balaban J connectivity index is 2.94. The topological polar surface area (TPSA) is 40.6 Å². The number of carbonyl (C=O) groups is 2. The van der Waals surface area contributed by atoms with E-state index in [0.29, 0.717) is 0 Å². The monoisotopic (exact) mass is 458 g/mol. The van der Waals surface area contributed by atoms with Gasteiger partial charge in [-0.15, -0.1) is 0 Å². The van der Waals surface area contributed by atoms with E-state index >= 15 is 0 Å². The van der Waals surface area contributed by atoms with Gasteiger partial charge < -0.3 is 9.80 Å². The Labute approximate surface area is 172 Å². The standard InChI is InChI=1S/C14H20Cl6N2O2/c1-7(13(15,16)17)5-9-11(23)22(4)10(12(24)21(9)3)6-8(2)14(18,19)20/h7-10H,5-6H2,1-4H3/t7?,8?,9-,10-/m0/s1. The lowest BCUT2D eigenvalue weighted by atomic mass is 9.93. The van der Waals surface area contributed by atoms with Crippen LogP contribution in [0.5, 0.6) is 0 Å². The molecule has 0 saturated carbocycles. The molecule has 2 amide bonds. The van der Waals surface area contributed by atoms with Gasteiger partial charge in [0.05, 0.1) is 0 Å². The fourth-order valence-electron chi connectivity index (χ4n) is 2.56. The number of likely N-dealkylation sites (N-methyl/N-ethyl adjacent to an activating group) is 2. The maximum atomic E-state index is 12.7. The lowest BCUT2D eigenvalue weighted by Crippen LogP contribution is -2.63. The minimum Gasteiger partial charge on any atom is -0.332 e. The Morgan fingerprint density at radius 3 is 1.25 bits per heavy atom. The molecule has 1 aliphatic rings. The summed E-state index contributed by atoms with van der Waals surface area (Å²) in [6.07, 6.45) is 0.489. The van der Waals surface area contributed by atoms with Crippen molar-refractivity contribution in [2.45, 2.75) is 46.4 Å². The summed E-state index contributed by atoms with van der Waals surface area (Å²) in [4.78, 5) is 28.2. The van der Waals surface area contributed by atoms with Gasteiger partial charge in [0, 0.05) is 25.9 Å². The summed E-state index contributed by atoms with van der Waals surface area (Å²) in [5.74, 6) is -1.26. The maximum absolute atomic E-state index is 12.7. The zero-order valence-corrected chi connectivity index (χ0v) is 18.2. The number of alkyl halides is 6. The molecule has 0 radical (unpaired) electrons. The molecule has 4 nitrogen and oxygen atoms in total. The number of nitrogens with zero attached hydrogens (tertiary/aromatic N) is 2. The first-order chi connectivity index (χ1) is 10.7. The summed E-state index contributed by atoms with van der Waals surface area (Å²) in [5, 5.41) is 0. The minimum absolute atomic E-state index is 0.222. The summed E-state index contributed by atoms with van der Waals surface area (Å²) < 4.78 is -3.02. The Bertz CT molecular complexity index is 447. The molecule has 0 N–H and O–H groups in total. The molecule has 1 rings (SSSR count). The molecule has 1 saturated heterocycles. The lowest BCUT2D eigenvalue weighted by molar-refractivity contribution is -0.159. The van der Waals surface area contributed by atoms with Gasteiger partial charge in [-0.05, 0) is 12.8 Å². The van der Waals surface area contributed by atoms with E-state index in [-0.39, 0.29) is 24.7 Å². The number of piperazine rings is 1. The van der Waals surface area contributed by atoms with Crippen LogP contribution in [0.3, 0.4) is 0 Å². The van der Waals surface area contributed by atoms with Crippen molar-refractivity contribution in [3.63, 3.8) is 0 Å². The molecule has 0 bridgehead atoms. The van der Waals surface area contributed by atoms with Gasteiger partial charge in [-0.2, -0.15) is 0 Å². The molecule has 4 atom stereocenters. The highest BCUT2D eigenvalue weighted by atomic mass is 35.6. The van der Waals surface area contributed by atoms with Gasteiger partial charge in [0.15, 0.2) is 7.59 Å². The number of hydrogen-bond donors (Lipinski definition) is 0. The Morgan fingerprint density at radius 2 is 1.04 bits per heavy atom. The average Bonchev–Trinajstić information content (AvgIpc) is 2.43. The summed E-state index contributed by atoms with van der Waals surface area (Å²) >= 11 is 35.3. The van der Waals surface area contributed by atoms with Gasteiger partial charge in [0.2, 0.25) is 11.8 Å². The third-order valence-electron chi connectivity index (χ3n) is 4.47. The molecule has 1 fully saturated rings. The first kappa shape index (κ1) is 22.7. The predicted octanol–water partition coefficient (Wildman–Crippen LogP) is 4.45. The van der Waals surface area contributed by atoms with E-state index in [1.807, 2.05) is 0 Å². The highest BCUT2D eigenvalue weighted by Crippen LogP contribution is 2.40. The quantitative estimate of drug-likeness (QED) is 0.581. The van der Waals surface area contributed by atoms with E-state index in [0.717, 1.165) is 0 Å². The van der Waals surface area contributed by atoms with Crippen molar-refractivity contribution in [1.82, 2.24) is 9.80 Å². The second-order valence-electron chi connectivity index (χ2n) is 6.29.